The third-order valence-electron chi connectivity index (χ3n) is 4.84. The van der Waals surface area contributed by atoms with E-state index in [9.17, 15) is 28.8 Å². The first-order valence-electron chi connectivity index (χ1n) is 11.5. The summed E-state index contributed by atoms with van der Waals surface area (Å²) in [6.45, 7) is 7.85. The van der Waals surface area contributed by atoms with Crippen LogP contribution < -0.4 is 16.0 Å². The molecule has 0 saturated heterocycles. The summed E-state index contributed by atoms with van der Waals surface area (Å²) in [7, 11) is 0. The fourth-order valence-corrected chi connectivity index (χ4v) is 2.98. The zero-order chi connectivity index (χ0) is 25.9. The molecule has 1 fully saturated rings. The number of esters is 1. The summed E-state index contributed by atoms with van der Waals surface area (Å²) in [5, 5.41) is 7.50. The number of carbonyl (C=O) groups is 6. The van der Waals surface area contributed by atoms with Crippen molar-refractivity contribution in [3.63, 3.8) is 0 Å². The van der Waals surface area contributed by atoms with Gasteiger partial charge in [0.2, 0.25) is 11.8 Å². The first kappa shape index (κ1) is 29.1. The predicted molar refractivity (Wildman–Crippen MR) is 122 cm³/mol. The minimum Gasteiger partial charge on any atom is -0.464 e. The Morgan fingerprint density at radius 3 is 2.21 bits per heavy atom. The summed E-state index contributed by atoms with van der Waals surface area (Å²) in [5.41, 5.74) is -0.691. The van der Waals surface area contributed by atoms with Crippen LogP contribution in [0.2, 0.25) is 0 Å². The number of carbonyl (C=O) groups excluding carboxylic acids is 6. The monoisotopic (exact) mass is 483 g/mol. The van der Waals surface area contributed by atoms with Crippen molar-refractivity contribution in [2.75, 3.05) is 19.7 Å². The van der Waals surface area contributed by atoms with Gasteiger partial charge in [-0.05, 0) is 46.5 Å². The zero-order valence-corrected chi connectivity index (χ0v) is 20.7. The third-order valence-corrected chi connectivity index (χ3v) is 4.84. The van der Waals surface area contributed by atoms with Crippen LogP contribution in [-0.4, -0.2) is 66.8 Å². The number of ketones is 2. The van der Waals surface area contributed by atoms with Crippen molar-refractivity contribution in [3.05, 3.63) is 0 Å². The van der Waals surface area contributed by atoms with Gasteiger partial charge in [0, 0.05) is 31.7 Å². The van der Waals surface area contributed by atoms with Gasteiger partial charge < -0.3 is 30.2 Å². The molecule has 0 aromatic heterocycles. The van der Waals surface area contributed by atoms with Gasteiger partial charge in [-0.3, -0.25) is 14.4 Å². The van der Waals surface area contributed by atoms with Crippen LogP contribution in [0.4, 0.5) is 4.79 Å². The van der Waals surface area contributed by atoms with Crippen molar-refractivity contribution in [2.24, 2.45) is 11.8 Å². The highest BCUT2D eigenvalue weighted by atomic mass is 16.6. The molecule has 1 aliphatic carbocycles. The van der Waals surface area contributed by atoms with E-state index in [2.05, 4.69) is 16.0 Å². The molecule has 0 aliphatic heterocycles. The minimum atomic E-state index is -0.808. The molecule has 3 amide bonds. The Morgan fingerprint density at radius 1 is 1.00 bits per heavy atom. The Labute approximate surface area is 200 Å². The summed E-state index contributed by atoms with van der Waals surface area (Å²) >= 11 is 0. The first-order valence-corrected chi connectivity index (χ1v) is 11.5. The molecule has 0 spiro atoms. The highest BCUT2D eigenvalue weighted by Gasteiger charge is 2.39. The minimum absolute atomic E-state index is 0.00290. The molecule has 1 rings (SSSR count). The zero-order valence-electron chi connectivity index (χ0n) is 20.7. The normalized spacial score (nSPS) is 14.9. The van der Waals surface area contributed by atoms with Crippen molar-refractivity contribution in [1.82, 2.24) is 16.0 Å². The van der Waals surface area contributed by atoms with E-state index in [1.54, 1.807) is 27.7 Å². The van der Waals surface area contributed by atoms with Crippen LogP contribution >= 0.6 is 0 Å². The first-order chi connectivity index (χ1) is 15.8. The second kappa shape index (κ2) is 13.7. The van der Waals surface area contributed by atoms with Crippen LogP contribution in [0.3, 0.4) is 0 Å². The van der Waals surface area contributed by atoms with E-state index in [0.29, 0.717) is 0 Å². The molecule has 0 heterocycles. The molecule has 0 bridgehead atoms. The van der Waals surface area contributed by atoms with Crippen LogP contribution in [0.15, 0.2) is 0 Å². The van der Waals surface area contributed by atoms with Crippen LogP contribution in [0.25, 0.3) is 0 Å². The van der Waals surface area contributed by atoms with Crippen molar-refractivity contribution in [2.45, 2.75) is 78.4 Å². The fourth-order valence-electron chi connectivity index (χ4n) is 2.98. The van der Waals surface area contributed by atoms with E-state index in [4.69, 9.17) is 9.47 Å². The Hall–Kier alpha value is -2.98. The molecule has 0 radical (unpaired) electrons. The van der Waals surface area contributed by atoms with Crippen molar-refractivity contribution < 1.29 is 38.2 Å². The van der Waals surface area contributed by atoms with Crippen molar-refractivity contribution >= 4 is 35.4 Å². The molecule has 2 atom stereocenters. The van der Waals surface area contributed by atoms with E-state index in [0.717, 1.165) is 12.8 Å². The van der Waals surface area contributed by atoms with Crippen LogP contribution in [0.1, 0.15) is 66.7 Å². The fraction of sp³-hybridized carbons (Fsp3) is 0.739. The lowest BCUT2D eigenvalue weighted by Gasteiger charge is -2.22. The number of ether oxygens (including phenoxy) is 2. The summed E-state index contributed by atoms with van der Waals surface area (Å²) in [4.78, 5) is 70.9. The lowest BCUT2D eigenvalue weighted by molar-refractivity contribution is -0.147. The standard InChI is InChI=1S/C23H37N3O8/c1-14(12-15(2)27)20(30)25-13-18(29)24-10-8-17(28)9-11-33-21(31)19(16-6-7-16)26-22(32)34-23(3,4)5/h14,16,19H,6-13H2,1-5H3,(H,24,29)(H,25,30)(H,26,32)/t14?,19-/m0/s1. The molecular weight excluding hydrogens is 446 g/mol. The lowest BCUT2D eigenvalue weighted by Crippen LogP contribution is -2.45. The number of alkyl carbamates (subject to hydrolysis) is 1. The maximum Gasteiger partial charge on any atom is 0.408 e. The molecular formula is C23H37N3O8. The van der Waals surface area contributed by atoms with Crippen LogP contribution in [0.5, 0.6) is 0 Å². The van der Waals surface area contributed by atoms with Gasteiger partial charge >= 0.3 is 12.1 Å². The van der Waals surface area contributed by atoms with E-state index in [1.165, 1.54) is 6.92 Å². The molecule has 0 aromatic rings. The maximum absolute atomic E-state index is 12.3. The number of rotatable bonds is 14. The topological polar surface area (TPSA) is 157 Å². The van der Waals surface area contributed by atoms with Crippen LogP contribution in [0, 0.1) is 11.8 Å². The number of amides is 3. The Morgan fingerprint density at radius 2 is 1.65 bits per heavy atom. The van der Waals surface area contributed by atoms with Gasteiger partial charge in [-0.15, -0.1) is 0 Å². The largest absolute Gasteiger partial charge is 0.464 e. The average Bonchev–Trinajstić information content (AvgIpc) is 3.53. The average molecular weight is 484 g/mol. The molecule has 1 saturated carbocycles. The number of Topliss-reactive ketones (excluding diaryl/α,β-unsaturated/α-hetero) is 2. The van der Waals surface area contributed by atoms with E-state index < -0.39 is 41.4 Å². The molecule has 34 heavy (non-hydrogen) atoms. The van der Waals surface area contributed by atoms with Gasteiger partial charge in [-0.25, -0.2) is 9.59 Å². The second-order valence-corrected chi connectivity index (χ2v) is 9.54. The third kappa shape index (κ3) is 12.9. The second-order valence-electron chi connectivity index (χ2n) is 9.54. The molecule has 11 heteroatoms. The van der Waals surface area contributed by atoms with Crippen LogP contribution in [-0.2, 0) is 33.4 Å². The lowest BCUT2D eigenvalue weighted by atomic mass is 10.1. The number of hydrogen-bond acceptors (Lipinski definition) is 8. The SMILES string of the molecule is CC(=O)CC(C)C(=O)NCC(=O)NCCC(=O)CCOC(=O)[C@@H](NC(=O)OC(C)(C)C)C1CC1. The summed E-state index contributed by atoms with van der Waals surface area (Å²) in [6.07, 6.45) is 1.02. The molecule has 1 aliphatic rings. The smallest absolute Gasteiger partial charge is 0.408 e. The van der Waals surface area contributed by atoms with Crippen molar-refractivity contribution in [1.29, 1.82) is 0 Å². The predicted octanol–water partition coefficient (Wildman–Crippen LogP) is 1.03. The molecule has 11 nitrogen and oxygen atoms in total. The van der Waals surface area contributed by atoms with E-state index in [-0.39, 0.29) is 56.4 Å². The number of hydrogen-bond donors (Lipinski definition) is 3. The van der Waals surface area contributed by atoms with E-state index >= 15 is 0 Å². The Bertz CT molecular complexity index is 771. The summed E-state index contributed by atoms with van der Waals surface area (Å²) in [5.74, 6) is -2.31. The Balaban J connectivity index is 2.24. The summed E-state index contributed by atoms with van der Waals surface area (Å²) in [6, 6.07) is -0.808. The molecule has 192 valence electrons. The maximum atomic E-state index is 12.3. The van der Waals surface area contributed by atoms with Gasteiger partial charge in [0.15, 0.2) is 0 Å². The van der Waals surface area contributed by atoms with Gasteiger partial charge in [-0.1, -0.05) is 6.92 Å². The molecule has 1 unspecified atom stereocenters. The summed E-state index contributed by atoms with van der Waals surface area (Å²) < 4.78 is 10.3. The quantitative estimate of drug-likeness (QED) is 0.309. The van der Waals surface area contributed by atoms with Gasteiger partial charge in [0.25, 0.3) is 0 Å². The van der Waals surface area contributed by atoms with Crippen molar-refractivity contribution in [3.8, 4) is 0 Å². The van der Waals surface area contributed by atoms with Gasteiger partial charge in [0.05, 0.1) is 13.2 Å². The number of nitrogens with one attached hydrogen (secondary N) is 3. The highest BCUT2D eigenvalue weighted by Crippen LogP contribution is 2.33. The highest BCUT2D eigenvalue weighted by molar-refractivity contribution is 5.89. The molecule has 0 aromatic carbocycles. The molecule has 3 N–H and O–H groups in total. The van der Waals surface area contributed by atoms with E-state index in [1.807, 2.05) is 0 Å². The van der Waals surface area contributed by atoms with Gasteiger partial charge in [-0.2, -0.15) is 0 Å². The Kier molecular flexibility index (Phi) is 11.7. The van der Waals surface area contributed by atoms with Gasteiger partial charge in [0.1, 0.15) is 23.2 Å².